The van der Waals surface area contributed by atoms with Gasteiger partial charge in [0.25, 0.3) is 0 Å². The van der Waals surface area contributed by atoms with Crippen molar-refractivity contribution in [1.29, 1.82) is 5.41 Å². The molecular formula is C25H20F2N6O2. The van der Waals surface area contributed by atoms with Crippen LogP contribution in [0.2, 0.25) is 0 Å². The molecule has 8 nitrogen and oxygen atoms in total. The Morgan fingerprint density at radius 2 is 1.97 bits per heavy atom. The number of halogens is 2. The van der Waals surface area contributed by atoms with Crippen LogP contribution < -0.4 is 16.8 Å². The molecule has 0 fully saturated rings. The average Bonchev–Trinajstić information content (AvgIpc) is 2.81. The number of pyridine rings is 1. The normalized spacial score (nSPS) is 16.1. The maximum Gasteiger partial charge on any atom is 0.224 e. The first-order valence-electron chi connectivity index (χ1n) is 10.3. The van der Waals surface area contributed by atoms with E-state index in [1.165, 1.54) is 18.3 Å². The van der Waals surface area contributed by atoms with Gasteiger partial charge in [0.15, 0.2) is 5.83 Å². The zero-order chi connectivity index (χ0) is 25.4. The van der Waals surface area contributed by atoms with Gasteiger partial charge in [-0.2, -0.15) is 0 Å². The smallest absolute Gasteiger partial charge is 0.224 e. The Hall–Kier alpha value is -4.91. The molecule has 0 saturated carbocycles. The number of nitrogens with two attached hydrogens (primary N) is 2. The van der Waals surface area contributed by atoms with Crippen LogP contribution in [0.25, 0.3) is 16.5 Å². The van der Waals surface area contributed by atoms with E-state index in [1.54, 1.807) is 19.1 Å². The molecule has 2 aromatic carbocycles. The summed E-state index contributed by atoms with van der Waals surface area (Å²) in [5, 5.41) is 32.4. The predicted molar refractivity (Wildman–Crippen MR) is 131 cm³/mol. The SMILES string of the molecule is C#Cc1c(F)ccc2cc(O)cc(C3=C(F)C(=N)/C(=C(\N)NC(C)c4cccnc4N)C(O)=N3)c12. The predicted octanol–water partition coefficient (Wildman–Crippen LogP) is 3.79. The van der Waals surface area contributed by atoms with Crippen molar-refractivity contribution in [2.24, 2.45) is 10.7 Å². The van der Waals surface area contributed by atoms with E-state index in [1.807, 2.05) is 0 Å². The van der Waals surface area contributed by atoms with Gasteiger partial charge in [0.1, 0.15) is 40.2 Å². The number of anilines is 1. The van der Waals surface area contributed by atoms with Gasteiger partial charge < -0.3 is 27.0 Å². The minimum absolute atomic E-state index is 0.0941. The topological polar surface area (TPSA) is 154 Å². The lowest BCUT2D eigenvalue weighted by atomic mass is 9.94. The molecule has 176 valence electrons. The highest BCUT2D eigenvalue weighted by molar-refractivity contribution is 6.31. The van der Waals surface area contributed by atoms with E-state index in [-0.39, 0.29) is 39.5 Å². The van der Waals surface area contributed by atoms with Crippen LogP contribution in [0.15, 0.2) is 64.8 Å². The van der Waals surface area contributed by atoms with E-state index in [2.05, 4.69) is 21.2 Å². The molecule has 8 N–H and O–H groups in total. The average molecular weight is 474 g/mol. The molecule has 0 radical (unpaired) electrons. The molecule has 3 aromatic rings. The second-order valence-corrected chi connectivity index (χ2v) is 7.76. The minimum Gasteiger partial charge on any atom is -0.508 e. The van der Waals surface area contributed by atoms with Crippen molar-refractivity contribution in [2.45, 2.75) is 13.0 Å². The van der Waals surface area contributed by atoms with E-state index in [0.29, 0.717) is 10.9 Å². The molecular weight excluding hydrogens is 454 g/mol. The lowest BCUT2D eigenvalue weighted by molar-refractivity contribution is 0.476. The first kappa shape index (κ1) is 23.3. The summed E-state index contributed by atoms with van der Waals surface area (Å²) in [6.45, 7) is 1.72. The highest BCUT2D eigenvalue weighted by Crippen LogP contribution is 2.38. The summed E-state index contributed by atoms with van der Waals surface area (Å²) in [6.07, 6.45) is 6.99. The zero-order valence-electron chi connectivity index (χ0n) is 18.4. The van der Waals surface area contributed by atoms with Crippen molar-refractivity contribution >= 4 is 33.9 Å². The number of aromatic hydroxyl groups is 1. The number of terminal acetylenes is 1. The number of fused-ring (bicyclic) bond motifs is 1. The summed E-state index contributed by atoms with van der Waals surface area (Å²) in [4.78, 5) is 7.89. The maximum atomic E-state index is 15.5. The van der Waals surface area contributed by atoms with Gasteiger partial charge in [0, 0.05) is 22.7 Å². The number of phenolic OH excluding ortho intramolecular Hbond substituents is 1. The number of nitrogen functional groups attached to an aromatic ring is 1. The summed E-state index contributed by atoms with van der Waals surface area (Å²) in [6, 6.07) is 7.84. The summed E-state index contributed by atoms with van der Waals surface area (Å²) < 4.78 is 29.9. The van der Waals surface area contributed by atoms with Crippen molar-refractivity contribution in [1.82, 2.24) is 10.3 Å². The van der Waals surface area contributed by atoms with Crippen molar-refractivity contribution < 1.29 is 19.0 Å². The largest absolute Gasteiger partial charge is 0.508 e. The van der Waals surface area contributed by atoms with E-state index >= 15 is 4.39 Å². The Labute approximate surface area is 198 Å². The number of aromatic nitrogens is 1. The van der Waals surface area contributed by atoms with Crippen molar-refractivity contribution in [2.75, 3.05) is 5.73 Å². The molecule has 0 spiro atoms. The van der Waals surface area contributed by atoms with E-state index in [9.17, 15) is 14.6 Å². The fourth-order valence-corrected chi connectivity index (χ4v) is 3.92. The zero-order valence-corrected chi connectivity index (χ0v) is 18.4. The van der Waals surface area contributed by atoms with Gasteiger partial charge in [-0.05, 0) is 36.6 Å². The molecule has 10 heteroatoms. The van der Waals surface area contributed by atoms with Crippen LogP contribution in [-0.4, -0.2) is 26.8 Å². The fraction of sp³-hybridized carbons (Fsp3) is 0.0800. The second kappa shape index (κ2) is 8.79. The molecule has 1 aliphatic heterocycles. The van der Waals surface area contributed by atoms with Crippen LogP contribution in [0, 0.1) is 23.6 Å². The number of hydrogen-bond donors (Lipinski definition) is 6. The van der Waals surface area contributed by atoms with Gasteiger partial charge in [-0.1, -0.05) is 18.1 Å². The Morgan fingerprint density at radius 1 is 1.23 bits per heavy atom. The quantitative estimate of drug-likeness (QED) is 0.316. The number of hydrogen-bond acceptors (Lipinski definition) is 7. The number of aliphatic imine (C=N–C) groups is 1. The van der Waals surface area contributed by atoms with Crippen molar-refractivity contribution in [3.8, 4) is 18.1 Å². The van der Waals surface area contributed by atoms with Gasteiger partial charge in [-0.3, -0.25) is 5.41 Å². The third kappa shape index (κ3) is 4.00. The van der Waals surface area contributed by atoms with Gasteiger partial charge >= 0.3 is 0 Å². The van der Waals surface area contributed by atoms with Crippen LogP contribution in [0.4, 0.5) is 14.6 Å². The summed E-state index contributed by atoms with van der Waals surface area (Å²) in [5.41, 5.74) is 10.6. The molecule has 0 amide bonds. The Bertz CT molecular complexity index is 1530. The molecule has 1 aliphatic rings. The van der Waals surface area contributed by atoms with Crippen LogP contribution in [0.3, 0.4) is 0 Å². The first-order valence-corrected chi connectivity index (χ1v) is 10.3. The summed E-state index contributed by atoms with van der Waals surface area (Å²) >= 11 is 0. The van der Waals surface area contributed by atoms with Gasteiger partial charge in [0.05, 0.1) is 11.6 Å². The molecule has 0 bridgehead atoms. The van der Waals surface area contributed by atoms with Gasteiger partial charge in [0.2, 0.25) is 5.90 Å². The summed E-state index contributed by atoms with van der Waals surface area (Å²) in [5.74, 6) is -0.660. The van der Waals surface area contributed by atoms with Crippen molar-refractivity contribution in [3.05, 3.63) is 82.3 Å². The lowest BCUT2D eigenvalue weighted by Crippen LogP contribution is -2.32. The number of allylic oxidation sites excluding steroid dienone is 1. The van der Waals surface area contributed by atoms with E-state index in [4.69, 9.17) is 23.3 Å². The number of nitrogens with one attached hydrogen (secondary N) is 2. The third-order valence-corrected chi connectivity index (χ3v) is 5.55. The van der Waals surface area contributed by atoms with Gasteiger partial charge in [-0.15, -0.1) is 6.42 Å². The van der Waals surface area contributed by atoms with Crippen LogP contribution in [0.5, 0.6) is 5.75 Å². The monoisotopic (exact) mass is 474 g/mol. The summed E-state index contributed by atoms with van der Waals surface area (Å²) in [7, 11) is 0. The van der Waals surface area contributed by atoms with E-state index < -0.39 is 35.0 Å². The lowest BCUT2D eigenvalue weighted by Gasteiger charge is -2.22. The molecule has 0 saturated heterocycles. The highest BCUT2D eigenvalue weighted by atomic mass is 19.1. The Balaban J connectivity index is 1.83. The third-order valence-electron chi connectivity index (χ3n) is 5.55. The highest BCUT2D eigenvalue weighted by Gasteiger charge is 2.31. The van der Waals surface area contributed by atoms with E-state index in [0.717, 1.165) is 12.1 Å². The van der Waals surface area contributed by atoms with Crippen molar-refractivity contribution in [3.63, 3.8) is 0 Å². The Kier molecular flexibility index (Phi) is 5.84. The number of nitrogens with zero attached hydrogens (tertiary/aromatic N) is 2. The van der Waals surface area contributed by atoms with Gasteiger partial charge in [-0.25, -0.2) is 18.8 Å². The molecule has 1 atom stereocenters. The minimum atomic E-state index is -1.16. The number of benzene rings is 2. The molecule has 2 heterocycles. The molecule has 0 aliphatic carbocycles. The maximum absolute atomic E-state index is 15.5. The molecule has 1 unspecified atom stereocenters. The van der Waals surface area contributed by atoms with Crippen LogP contribution >= 0.6 is 0 Å². The van der Waals surface area contributed by atoms with Crippen LogP contribution in [0.1, 0.15) is 29.7 Å². The Morgan fingerprint density at radius 3 is 2.66 bits per heavy atom. The molecule has 4 rings (SSSR count). The molecule has 35 heavy (non-hydrogen) atoms. The number of phenols is 1. The molecule has 1 aromatic heterocycles. The first-order chi connectivity index (χ1) is 16.6. The van der Waals surface area contributed by atoms with Crippen LogP contribution in [-0.2, 0) is 0 Å². The number of rotatable bonds is 4. The number of aliphatic hydroxyl groups excluding tert-OH is 1. The number of aliphatic hydroxyl groups is 1. The fourth-order valence-electron chi connectivity index (χ4n) is 3.92. The second-order valence-electron chi connectivity index (χ2n) is 7.76. The standard InChI is InChI=1S/C25H20F2N6O2/c1-3-14-17(26)7-6-12-9-13(34)10-16(18(12)14)22-20(27)21(28)19(25(35)33-22)24(30)32-11(2)15-5-4-8-31-23(15)29/h1,4-11,28,32,34H,30H2,2H3,(H2,29,31)(H,33,35)/b24-19-,28-21?.